The largest absolute Gasteiger partial charge is 0.493 e. The molecule has 0 radical (unpaired) electrons. The van der Waals surface area contributed by atoms with Crippen LogP contribution < -0.4 is 20.1 Å². The number of benzene rings is 3. The van der Waals surface area contributed by atoms with Crippen molar-refractivity contribution in [3.05, 3.63) is 93.6 Å². The van der Waals surface area contributed by atoms with Gasteiger partial charge in [-0.25, -0.2) is 9.69 Å². The number of methoxy groups -OCH3 is 1. The molecular formula is C27H24BrN3O5. The third-order valence-electron chi connectivity index (χ3n) is 5.41. The number of hydrogen-bond donors (Lipinski definition) is 2. The first kappa shape index (κ1) is 25.0. The van der Waals surface area contributed by atoms with Crippen LogP contribution in [0.25, 0.3) is 6.08 Å². The standard InChI is InChI=1S/C27H24BrN3O5/c1-17-3-10-21(11-4-17)29-25(32)15-31-26(33)22(30-27(31)34)13-19-7-12-23(24(14-19)35-2)36-16-18-5-8-20(28)9-6-18/h3-14H,15-16H2,1-2H3,(H,29,32)(H,30,34)/b22-13+. The molecule has 8 nitrogen and oxygen atoms in total. The molecule has 9 heteroatoms. The van der Waals surface area contributed by atoms with Gasteiger partial charge in [0.15, 0.2) is 11.5 Å². The van der Waals surface area contributed by atoms with Crippen molar-refractivity contribution in [2.45, 2.75) is 13.5 Å². The van der Waals surface area contributed by atoms with E-state index in [0.717, 1.165) is 20.5 Å². The predicted octanol–water partition coefficient (Wildman–Crippen LogP) is 4.88. The van der Waals surface area contributed by atoms with Crippen molar-refractivity contribution in [3.63, 3.8) is 0 Å². The highest BCUT2D eigenvalue weighted by Gasteiger charge is 2.35. The summed E-state index contributed by atoms with van der Waals surface area (Å²) >= 11 is 3.41. The van der Waals surface area contributed by atoms with Crippen molar-refractivity contribution in [2.24, 2.45) is 0 Å². The Morgan fingerprint density at radius 2 is 1.75 bits per heavy atom. The fraction of sp³-hybridized carbons (Fsp3) is 0.148. The summed E-state index contributed by atoms with van der Waals surface area (Å²) in [7, 11) is 1.52. The average Bonchev–Trinajstić information content (AvgIpc) is 3.12. The van der Waals surface area contributed by atoms with Crippen molar-refractivity contribution in [1.29, 1.82) is 0 Å². The molecule has 1 saturated heterocycles. The number of rotatable bonds is 8. The molecule has 4 rings (SSSR count). The molecule has 0 unspecified atom stereocenters. The predicted molar refractivity (Wildman–Crippen MR) is 139 cm³/mol. The second kappa shape index (κ2) is 11.1. The van der Waals surface area contributed by atoms with Gasteiger partial charge in [-0.2, -0.15) is 0 Å². The van der Waals surface area contributed by atoms with Gasteiger partial charge in [0.1, 0.15) is 18.8 Å². The fourth-order valence-corrected chi connectivity index (χ4v) is 3.76. The van der Waals surface area contributed by atoms with E-state index in [1.165, 1.54) is 13.2 Å². The molecule has 1 aliphatic rings. The van der Waals surface area contributed by atoms with Crippen LogP contribution in [-0.4, -0.2) is 36.4 Å². The van der Waals surface area contributed by atoms with E-state index in [4.69, 9.17) is 9.47 Å². The molecule has 0 aromatic heterocycles. The highest BCUT2D eigenvalue weighted by atomic mass is 79.9. The summed E-state index contributed by atoms with van der Waals surface area (Å²) in [6, 6.07) is 19.5. The van der Waals surface area contributed by atoms with Crippen LogP contribution in [0.15, 0.2) is 76.9 Å². The van der Waals surface area contributed by atoms with E-state index in [-0.39, 0.29) is 5.70 Å². The van der Waals surface area contributed by atoms with Crippen molar-refractivity contribution in [3.8, 4) is 11.5 Å². The van der Waals surface area contributed by atoms with Crippen molar-refractivity contribution >= 4 is 45.5 Å². The SMILES string of the molecule is COc1cc(/C=C2/NC(=O)N(CC(=O)Nc3ccc(C)cc3)C2=O)ccc1OCc1ccc(Br)cc1. The van der Waals surface area contributed by atoms with Crippen LogP contribution in [0.4, 0.5) is 10.5 Å². The number of halogens is 1. The zero-order chi connectivity index (χ0) is 25.7. The molecule has 1 fully saturated rings. The molecule has 0 aliphatic carbocycles. The van der Waals surface area contributed by atoms with Gasteiger partial charge in [0, 0.05) is 10.2 Å². The third kappa shape index (κ3) is 6.11. The number of hydrogen-bond acceptors (Lipinski definition) is 5. The van der Waals surface area contributed by atoms with Crippen LogP contribution in [0.2, 0.25) is 0 Å². The van der Waals surface area contributed by atoms with Gasteiger partial charge < -0.3 is 20.1 Å². The molecule has 1 heterocycles. The third-order valence-corrected chi connectivity index (χ3v) is 5.93. The molecule has 3 aromatic carbocycles. The van der Waals surface area contributed by atoms with Gasteiger partial charge in [-0.15, -0.1) is 0 Å². The van der Waals surface area contributed by atoms with E-state index in [0.29, 0.717) is 29.4 Å². The Morgan fingerprint density at radius 3 is 2.44 bits per heavy atom. The zero-order valence-corrected chi connectivity index (χ0v) is 21.3. The Kier molecular flexibility index (Phi) is 7.70. The van der Waals surface area contributed by atoms with Crippen molar-refractivity contribution < 1.29 is 23.9 Å². The number of amides is 4. The Bertz CT molecular complexity index is 1320. The van der Waals surface area contributed by atoms with Gasteiger partial charge in [0.2, 0.25) is 5.91 Å². The van der Waals surface area contributed by atoms with Crippen molar-refractivity contribution in [2.75, 3.05) is 19.0 Å². The lowest BCUT2D eigenvalue weighted by molar-refractivity contribution is -0.127. The molecule has 0 spiro atoms. The summed E-state index contributed by atoms with van der Waals surface area (Å²) in [5.74, 6) is -0.0440. The summed E-state index contributed by atoms with van der Waals surface area (Å²) in [4.78, 5) is 38.4. The van der Waals surface area contributed by atoms with Crippen LogP contribution in [0.3, 0.4) is 0 Å². The maximum absolute atomic E-state index is 12.8. The van der Waals surface area contributed by atoms with Gasteiger partial charge in [0.25, 0.3) is 5.91 Å². The summed E-state index contributed by atoms with van der Waals surface area (Å²) in [6.45, 7) is 1.90. The van der Waals surface area contributed by atoms with Crippen molar-refractivity contribution in [1.82, 2.24) is 10.2 Å². The molecule has 184 valence electrons. The molecule has 0 saturated carbocycles. The summed E-state index contributed by atoms with van der Waals surface area (Å²) in [5.41, 5.74) is 3.32. The minimum Gasteiger partial charge on any atom is -0.493 e. The number of anilines is 1. The van der Waals surface area contributed by atoms with E-state index in [1.807, 2.05) is 43.3 Å². The first-order valence-electron chi connectivity index (χ1n) is 11.1. The number of carbonyl (C=O) groups excluding carboxylic acids is 3. The number of aryl methyl sites for hydroxylation is 1. The number of carbonyl (C=O) groups is 3. The van der Waals surface area contributed by atoms with Gasteiger partial charge in [-0.05, 0) is 60.5 Å². The first-order valence-corrected chi connectivity index (χ1v) is 11.9. The molecular weight excluding hydrogens is 526 g/mol. The Hall–Kier alpha value is -4.11. The summed E-state index contributed by atoms with van der Waals surface area (Å²) < 4.78 is 12.3. The van der Waals surface area contributed by atoms with Gasteiger partial charge in [0.05, 0.1) is 7.11 Å². The van der Waals surface area contributed by atoms with Gasteiger partial charge >= 0.3 is 6.03 Å². The lowest BCUT2D eigenvalue weighted by atomic mass is 10.1. The number of nitrogens with one attached hydrogen (secondary N) is 2. The van der Waals surface area contributed by atoms with E-state index in [9.17, 15) is 14.4 Å². The Labute approximate surface area is 217 Å². The fourth-order valence-electron chi connectivity index (χ4n) is 3.50. The maximum Gasteiger partial charge on any atom is 0.329 e. The normalized spacial score (nSPS) is 14.1. The average molecular weight is 550 g/mol. The number of imide groups is 1. The van der Waals surface area contributed by atoms with E-state index in [2.05, 4.69) is 26.6 Å². The summed E-state index contributed by atoms with van der Waals surface area (Å²) in [6.07, 6.45) is 1.53. The van der Waals surface area contributed by atoms with Crippen LogP contribution in [0.1, 0.15) is 16.7 Å². The quantitative estimate of drug-likeness (QED) is 0.308. The van der Waals surface area contributed by atoms with Crippen LogP contribution in [-0.2, 0) is 16.2 Å². The number of ether oxygens (including phenoxy) is 2. The molecule has 36 heavy (non-hydrogen) atoms. The highest BCUT2D eigenvalue weighted by Crippen LogP contribution is 2.30. The van der Waals surface area contributed by atoms with E-state index >= 15 is 0 Å². The second-order valence-corrected chi connectivity index (χ2v) is 9.03. The molecule has 1 aliphatic heterocycles. The second-order valence-electron chi connectivity index (χ2n) is 8.12. The number of nitrogens with zero attached hydrogens (tertiary/aromatic N) is 1. The molecule has 0 atom stereocenters. The molecule has 2 N–H and O–H groups in total. The minimum atomic E-state index is -0.660. The first-order chi connectivity index (χ1) is 17.3. The van der Waals surface area contributed by atoms with Gasteiger partial charge in [-0.1, -0.05) is 51.8 Å². The maximum atomic E-state index is 12.8. The van der Waals surface area contributed by atoms with Crippen LogP contribution in [0, 0.1) is 6.92 Å². The van der Waals surface area contributed by atoms with E-state index in [1.54, 1.807) is 30.3 Å². The topological polar surface area (TPSA) is 97.0 Å². The Morgan fingerprint density at radius 1 is 1.03 bits per heavy atom. The highest BCUT2D eigenvalue weighted by molar-refractivity contribution is 9.10. The zero-order valence-electron chi connectivity index (χ0n) is 19.7. The van der Waals surface area contributed by atoms with Crippen LogP contribution >= 0.6 is 15.9 Å². The molecule has 4 amide bonds. The summed E-state index contributed by atoms with van der Waals surface area (Å²) in [5, 5.41) is 5.21. The minimum absolute atomic E-state index is 0.0636. The lowest BCUT2D eigenvalue weighted by Gasteiger charge is -2.12. The van der Waals surface area contributed by atoms with Gasteiger partial charge in [-0.3, -0.25) is 9.59 Å². The lowest BCUT2D eigenvalue weighted by Crippen LogP contribution is -2.38. The number of urea groups is 1. The monoisotopic (exact) mass is 549 g/mol. The van der Waals surface area contributed by atoms with Crippen LogP contribution in [0.5, 0.6) is 11.5 Å². The van der Waals surface area contributed by atoms with E-state index < -0.39 is 24.4 Å². The molecule has 3 aromatic rings. The smallest absolute Gasteiger partial charge is 0.329 e. The molecule has 0 bridgehead atoms. The Balaban J connectivity index is 1.42.